The first-order valence-corrected chi connectivity index (χ1v) is 10.5. The molecular weight excluding hydrogens is 453 g/mol. The molecule has 0 amide bonds. The number of nitriles is 1. The number of pyridine rings is 1. The highest BCUT2D eigenvalue weighted by Gasteiger charge is 2.45. The summed E-state index contributed by atoms with van der Waals surface area (Å²) in [6, 6.07) is 8.42. The SMILES string of the molecule is CC1(C)CC(=O)C2=C(C1)N(c1cc(C(F)(F)F)ccc1Cl)C(N)=C(C#N)[C@H]2c1cccnc1. The molecule has 2 aliphatic rings. The first kappa shape index (κ1) is 22.9. The van der Waals surface area contributed by atoms with Crippen molar-refractivity contribution in [2.45, 2.75) is 38.8 Å². The van der Waals surface area contributed by atoms with E-state index in [1.54, 1.807) is 24.5 Å². The van der Waals surface area contributed by atoms with E-state index in [0.29, 0.717) is 23.3 Å². The molecule has 0 radical (unpaired) electrons. The van der Waals surface area contributed by atoms with Crippen molar-refractivity contribution < 1.29 is 18.0 Å². The highest BCUT2D eigenvalue weighted by molar-refractivity contribution is 6.33. The van der Waals surface area contributed by atoms with E-state index in [4.69, 9.17) is 17.3 Å². The number of carbonyl (C=O) groups excluding carboxylic acids is 1. The second-order valence-electron chi connectivity index (χ2n) is 8.93. The Bertz CT molecular complexity index is 1240. The van der Waals surface area contributed by atoms with Crippen LogP contribution in [0.3, 0.4) is 0 Å². The fourth-order valence-electron chi connectivity index (χ4n) is 4.52. The summed E-state index contributed by atoms with van der Waals surface area (Å²) in [5.74, 6) is -1.01. The van der Waals surface area contributed by atoms with Gasteiger partial charge in [-0.25, -0.2) is 0 Å². The van der Waals surface area contributed by atoms with Crippen LogP contribution in [0.25, 0.3) is 0 Å². The number of aromatic nitrogens is 1. The van der Waals surface area contributed by atoms with Gasteiger partial charge in [-0.15, -0.1) is 0 Å². The number of carbonyl (C=O) groups is 1. The van der Waals surface area contributed by atoms with E-state index in [1.165, 1.54) is 4.90 Å². The van der Waals surface area contributed by atoms with E-state index in [0.717, 1.165) is 18.2 Å². The number of nitrogens with zero attached hydrogens (tertiary/aromatic N) is 3. The topological polar surface area (TPSA) is 83.0 Å². The largest absolute Gasteiger partial charge is 0.416 e. The highest BCUT2D eigenvalue weighted by atomic mass is 35.5. The molecule has 1 aromatic heterocycles. The number of nitrogens with two attached hydrogens (primary N) is 1. The van der Waals surface area contributed by atoms with Crippen molar-refractivity contribution in [3.05, 3.63) is 81.5 Å². The highest BCUT2D eigenvalue weighted by Crippen LogP contribution is 2.51. The Labute approximate surface area is 194 Å². The van der Waals surface area contributed by atoms with Gasteiger partial charge in [-0.2, -0.15) is 18.4 Å². The maximum atomic E-state index is 13.5. The molecule has 170 valence electrons. The molecule has 0 unspecified atom stereocenters. The maximum Gasteiger partial charge on any atom is 0.416 e. The zero-order chi connectivity index (χ0) is 24.1. The quantitative estimate of drug-likeness (QED) is 0.606. The second kappa shape index (κ2) is 7.92. The summed E-state index contributed by atoms with van der Waals surface area (Å²) >= 11 is 6.34. The first-order chi connectivity index (χ1) is 15.4. The number of Topliss-reactive ketones (excluding diaryl/α,β-unsaturated/α-hetero) is 1. The summed E-state index contributed by atoms with van der Waals surface area (Å²) in [5, 5.41) is 10.0. The molecule has 1 atom stereocenters. The Balaban J connectivity index is 2.03. The van der Waals surface area contributed by atoms with Crippen LogP contribution >= 0.6 is 11.6 Å². The van der Waals surface area contributed by atoms with Crippen molar-refractivity contribution in [1.82, 2.24) is 4.98 Å². The summed E-state index contributed by atoms with van der Waals surface area (Å²) in [5.41, 5.74) is 6.48. The number of ketones is 1. The van der Waals surface area contributed by atoms with Gasteiger partial charge in [0.2, 0.25) is 0 Å². The predicted octanol–water partition coefficient (Wildman–Crippen LogP) is 5.69. The summed E-state index contributed by atoms with van der Waals surface area (Å²) in [6.07, 6.45) is -0.897. The van der Waals surface area contributed by atoms with Crippen molar-refractivity contribution in [1.29, 1.82) is 5.26 Å². The van der Waals surface area contributed by atoms with Crippen molar-refractivity contribution in [2.24, 2.45) is 11.1 Å². The van der Waals surface area contributed by atoms with Crippen molar-refractivity contribution in [3.8, 4) is 6.07 Å². The first-order valence-electron chi connectivity index (χ1n) is 10.2. The zero-order valence-electron chi connectivity index (χ0n) is 17.9. The Morgan fingerprint density at radius 2 is 2.00 bits per heavy atom. The Morgan fingerprint density at radius 1 is 1.27 bits per heavy atom. The molecule has 0 saturated heterocycles. The van der Waals surface area contributed by atoms with Crippen LogP contribution in [0.1, 0.15) is 43.7 Å². The number of benzene rings is 1. The second-order valence-corrected chi connectivity index (χ2v) is 9.34. The Morgan fingerprint density at radius 3 is 2.61 bits per heavy atom. The molecule has 1 aliphatic carbocycles. The molecule has 2 N–H and O–H groups in total. The van der Waals surface area contributed by atoms with Gasteiger partial charge in [0.25, 0.3) is 0 Å². The number of allylic oxidation sites excluding steroid dienone is 3. The van der Waals surface area contributed by atoms with Crippen LogP contribution in [0.5, 0.6) is 0 Å². The van der Waals surface area contributed by atoms with Crippen LogP contribution in [-0.4, -0.2) is 10.8 Å². The molecule has 9 heteroatoms. The van der Waals surface area contributed by atoms with Gasteiger partial charge in [-0.1, -0.05) is 31.5 Å². The average molecular weight is 473 g/mol. The molecule has 1 aromatic carbocycles. The van der Waals surface area contributed by atoms with Gasteiger partial charge < -0.3 is 5.73 Å². The van der Waals surface area contributed by atoms with E-state index in [1.807, 2.05) is 13.8 Å². The summed E-state index contributed by atoms with van der Waals surface area (Å²) in [4.78, 5) is 18.8. The van der Waals surface area contributed by atoms with Gasteiger partial charge in [0.15, 0.2) is 5.78 Å². The molecule has 33 heavy (non-hydrogen) atoms. The minimum absolute atomic E-state index is 0.0192. The molecule has 1 aliphatic heterocycles. The summed E-state index contributed by atoms with van der Waals surface area (Å²) in [7, 11) is 0. The fourth-order valence-corrected chi connectivity index (χ4v) is 4.73. The third-order valence-electron chi connectivity index (χ3n) is 5.91. The van der Waals surface area contributed by atoms with Gasteiger partial charge in [-0.3, -0.25) is 14.7 Å². The molecule has 4 rings (SSSR count). The van der Waals surface area contributed by atoms with Crippen LogP contribution < -0.4 is 10.6 Å². The minimum atomic E-state index is -4.61. The van der Waals surface area contributed by atoms with Gasteiger partial charge in [0.1, 0.15) is 5.82 Å². The lowest BCUT2D eigenvalue weighted by molar-refractivity contribution is -0.137. The van der Waals surface area contributed by atoms with Crippen LogP contribution in [0.2, 0.25) is 5.02 Å². The molecule has 5 nitrogen and oxygen atoms in total. The normalized spacial score (nSPS) is 20.6. The number of alkyl halides is 3. The van der Waals surface area contributed by atoms with Crippen molar-refractivity contribution in [3.63, 3.8) is 0 Å². The minimum Gasteiger partial charge on any atom is -0.384 e. The molecule has 0 spiro atoms. The van der Waals surface area contributed by atoms with Crippen LogP contribution in [0, 0.1) is 16.7 Å². The van der Waals surface area contributed by atoms with E-state index in [2.05, 4.69) is 11.1 Å². The number of halogens is 4. The molecule has 2 heterocycles. The third kappa shape index (κ3) is 3.98. The Hall–Kier alpha value is -3.31. The molecule has 0 bridgehead atoms. The van der Waals surface area contributed by atoms with Gasteiger partial charge in [0.05, 0.1) is 33.8 Å². The predicted molar refractivity (Wildman–Crippen MR) is 118 cm³/mol. The van der Waals surface area contributed by atoms with Gasteiger partial charge in [0, 0.05) is 30.1 Å². The monoisotopic (exact) mass is 472 g/mol. The fraction of sp³-hybridized carbons (Fsp3) is 0.292. The molecule has 0 fully saturated rings. The standard InChI is InChI=1S/C24H20ClF3N4O/c1-23(2)9-18-21(19(33)10-23)20(13-4-3-7-31-12-13)15(11-29)22(30)32(18)17-8-14(24(26,27)28)5-6-16(17)25/h3-8,12,20H,9-10,30H2,1-2H3/t20-/m1/s1. The molecular formula is C24H20ClF3N4O. The van der Waals surface area contributed by atoms with E-state index < -0.39 is 23.1 Å². The number of rotatable bonds is 2. The van der Waals surface area contributed by atoms with Gasteiger partial charge >= 0.3 is 6.18 Å². The van der Waals surface area contributed by atoms with E-state index in [9.17, 15) is 23.2 Å². The summed E-state index contributed by atoms with van der Waals surface area (Å²) < 4.78 is 40.4. The third-order valence-corrected chi connectivity index (χ3v) is 6.23. The van der Waals surface area contributed by atoms with Crippen LogP contribution in [-0.2, 0) is 11.0 Å². The zero-order valence-corrected chi connectivity index (χ0v) is 18.6. The maximum absolute atomic E-state index is 13.5. The number of hydrogen-bond donors (Lipinski definition) is 1. The van der Waals surface area contributed by atoms with Crippen LogP contribution in [0.15, 0.2) is 65.4 Å². The van der Waals surface area contributed by atoms with Gasteiger partial charge in [-0.05, 0) is 41.7 Å². The number of hydrogen-bond acceptors (Lipinski definition) is 5. The smallest absolute Gasteiger partial charge is 0.384 e. The van der Waals surface area contributed by atoms with Crippen LogP contribution in [0.4, 0.5) is 18.9 Å². The van der Waals surface area contributed by atoms with E-state index in [-0.39, 0.29) is 34.3 Å². The average Bonchev–Trinajstić information content (AvgIpc) is 2.73. The lowest BCUT2D eigenvalue weighted by Crippen LogP contribution is -2.42. The lowest BCUT2D eigenvalue weighted by Gasteiger charge is -2.44. The van der Waals surface area contributed by atoms with Crippen molar-refractivity contribution in [2.75, 3.05) is 4.90 Å². The summed E-state index contributed by atoms with van der Waals surface area (Å²) in [6.45, 7) is 3.80. The number of anilines is 1. The molecule has 0 saturated carbocycles. The lowest BCUT2D eigenvalue weighted by atomic mass is 9.68. The van der Waals surface area contributed by atoms with E-state index >= 15 is 0 Å². The molecule has 2 aromatic rings. The van der Waals surface area contributed by atoms with Crippen molar-refractivity contribution >= 4 is 23.1 Å². The Kier molecular flexibility index (Phi) is 5.49.